The van der Waals surface area contributed by atoms with E-state index in [0.717, 1.165) is 83.5 Å². The Morgan fingerprint density at radius 2 is 0.887 bits per heavy atom. The van der Waals surface area contributed by atoms with E-state index in [1.54, 1.807) is 0 Å². The van der Waals surface area contributed by atoms with Gasteiger partial charge in [-0.3, -0.25) is 0 Å². The molecule has 9 aromatic carbocycles. The van der Waals surface area contributed by atoms with Gasteiger partial charge in [-0.15, -0.1) is 0 Å². The molecule has 5 nitrogen and oxygen atoms in total. The summed E-state index contributed by atoms with van der Waals surface area (Å²) in [5.74, 6) is 0.672. The monoisotopic (exact) mass is 791 g/mol. The van der Waals surface area contributed by atoms with Crippen LogP contribution in [-0.2, 0) is 0 Å². The highest BCUT2D eigenvalue weighted by molar-refractivity contribution is 6.18. The van der Waals surface area contributed by atoms with Gasteiger partial charge in [0, 0.05) is 49.5 Å². The summed E-state index contributed by atoms with van der Waals surface area (Å²) in [5.41, 5.74) is 14.4. The van der Waals surface area contributed by atoms with Crippen LogP contribution in [0.25, 0.3) is 111 Å². The van der Waals surface area contributed by atoms with Crippen LogP contribution < -0.4 is 0 Å². The first-order valence-electron chi connectivity index (χ1n) is 20.9. The van der Waals surface area contributed by atoms with E-state index < -0.39 is 0 Å². The number of nitrogens with zero attached hydrogens (tertiary/aromatic N) is 5. The first-order chi connectivity index (χ1) is 30.7. The minimum Gasteiger partial charge on any atom is -0.309 e. The summed E-state index contributed by atoms with van der Waals surface area (Å²) in [4.78, 5) is 10.6. The van der Waals surface area contributed by atoms with Crippen LogP contribution in [0.3, 0.4) is 0 Å². The van der Waals surface area contributed by atoms with Crippen molar-refractivity contribution in [2.24, 2.45) is 0 Å². The van der Waals surface area contributed by atoms with Crippen molar-refractivity contribution in [1.82, 2.24) is 24.3 Å². The lowest BCUT2D eigenvalue weighted by molar-refractivity contribution is 0.918. The molecule has 0 N–H and O–H groups in total. The molecule has 0 unspecified atom stereocenters. The van der Waals surface area contributed by atoms with E-state index in [2.05, 4.69) is 216 Å². The Balaban J connectivity index is 1.10. The zero-order chi connectivity index (χ0) is 41.0. The molecule has 0 aliphatic rings. The minimum absolute atomic E-state index is 0.672. The van der Waals surface area contributed by atoms with Crippen LogP contribution in [0.2, 0.25) is 0 Å². The predicted octanol–water partition coefficient (Wildman–Crippen LogP) is 14.4. The largest absolute Gasteiger partial charge is 0.309 e. The number of rotatable bonds is 7. The molecule has 0 saturated heterocycles. The normalized spacial score (nSPS) is 11.5. The fraction of sp³-hybridized carbons (Fsp3) is 0. The van der Waals surface area contributed by atoms with Crippen LogP contribution in [0.15, 0.2) is 224 Å². The van der Waals surface area contributed by atoms with Gasteiger partial charge in [0.2, 0.25) is 0 Å². The van der Waals surface area contributed by atoms with Gasteiger partial charge in [-0.25, -0.2) is 14.6 Å². The lowest BCUT2D eigenvalue weighted by Crippen LogP contribution is -1.98. The highest BCUT2D eigenvalue weighted by Crippen LogP contribution is 2.43. The number of para-hydroxylation sites is 3. The first kappa shape index (κ1) is 35.5. The zero-order valence-electron chi connectivity index (χ0n) is 33.6. The van der Waals surface area contributed by atoms with Crippen LogP contribution in [0.5, 0.6) is 0 Å². The Bertz CT molecular complexity index is 3560. The third kappa shape index (κ3) is 5.98. The van der Waals surface area contributed by atoms with Crippen molar-refractivity contribution in [2.75, 3.05) is 0 Å². The van der Waals surface area contributed by atoms with Crippen molar-refractivity contribution >= 4 is 43.5 Å². The van der Waals surface area contributed by atoms with Gasteiger partial charge in [0.1, 0.15) is 5.69 Å². The number of hydrogen-bond acceptors (Lipinski definition) is 3. The topological polar surface area (TPSA) is 48.5 Å². The van der Waals surface area contributed by atoms with E-state index in [-0.39, 0.29) is 0 Å². The molecular weight excluding hydrogens is 755 g/mol. The molecule has 12 rings (SSSR count). The van der Waals surface area contributed by atoms with Crippen molar-refractivity contribution in [3.63, 3.8) is 0 Å². The summed E-state index contributed by atoms with van der Waals surface area (Å²) < 4.78 is 4.48. The van der Waals surface area contributed by atoms with E-state index in [1.807, 2.05) is 18.2 Å². The Morgan fingerprint density at radius 3 is 1.55 bits per heavy atom. The second-order valence-electron chi connectivity index (χ2n) is 15.7. The second kappa shape index (κ2) is 14.7. The summed E-state index contributed by atoms with van der Waals surface area (Å²) in [7, 11) is 0. The van der Waals surface area contributed by atoms with Gasteiger partial charge in [0.15, 0.2) is 5.82 Å². The van der Waals surface area contributed by atoms with Crippen LogP contribution in [0.1, 0.15) is 0 Å². The second-order valence-corrected chi connectivity index (χ2v) is 15.7. The minimum atomic E-state index is 0.672. The van der Waals surface area contributed by atoms with Crippen molar-refractivity contribution < 1.29 is 0 Å². The molecule has 0 aliphatic heterocycles. The maximum Gasteiger partial charge on any atom is 0.160 e. The molecule has 0 amide bonds. The van der Waals surface area contributed by atoms with E-state index >= 15 is 0 Å². The van der Waals surface area contributed by atoms with Gasteiger partial charge >= 0.3 is 0 Å². The van der Waals surface area contributed by atoms with E-state index in [9.17, 15) is 0 Å². The van der Waals surface area contributed by atoms with Gasteiger partial charge in [0.05, 0.1) is 33.6 Å². The summed E-state index contributed by atoms with van der Waals surface area (Å²) in [6, 6.07) is 79.0. The third-order valence-electron chi connectivity index (χ3n) is 11.9. The van der Waals surface area contributed by atoms with E-state index in [0.29, 0.717) is 5.82 Å². The van der Waals surface area contributed by atoms with Gasteiger partial charge in [0.25, 0.3) is 0 Å². The molecular formula is C57H37N5. The van der Waals surface area contributed by atoms with Crippen LogP contribution >= 0.6 is 0 Å². The lowest BCUT2D eigenvalue weighted by atomic mass is 9.92. The number of aromatic nitrogens is 5. The third-order valence-corrected chi connectivity index (χ3v) is 11.9. The van der Waals surface area contributed by atoms with Gasteiger partial charge in [-0.2, -0.15) is 5.10 Å². The standard InChI is InChI=1S/C57H37N5/c1-5-18-38(19-6-1)48-35-41-32-33-43(36-49(41)56-54(48)55(39-20-7-2-8-21-39)60-62(56)44-25-11-4-12-26-44)51-37-50(58-57(59-51)40-22-9-3-10-23-40)42-24-17-27-45(34-42)61-52-30-15-13-28-46(52)47-29-14-16-31-53(47)61/h1-37H. The summed E-state index contributed by atoms with van der Waals surface area (Å²) >= 11 is 0. The Hall–Kier alpha value is -8.41. The van der Waals surface area contributed by atoms with Crippen molar-refractivity contribution in [2.45, 2.75) is 0 Å². The molecule has 3 aromatic heterocycles. The zero-order valence-corrected chi connectivity index (χ0v) is 33.6. The molecule has 0 aliphatic carbocycles. The van der Waals surface area contributed by atoms with Crippen molar-refractivity contribution in [3.8, 4) is 67.7 Å². The molecule has 0 atom stereocenters. The van der Waals surface area contributed by atoms with Gasteiger partial charge in [-0.05, 0) is 71.1 Å². The van der Waals surface area contributed by atoms with Crippen molar-refractivity contribution in [1.29, 1.82) is 0 Å². The average molecular weight is 792 g/mol. The van der Waals surface area contributed by atoms with Crippen LogP contribution in [-0.4, -0.2) is 24.3 Å². The van der Waals surface area contributed by atoms with Crippen molar-refractivity contribution in [3.05, 3.63) is 224 Å². The molecule has 290 valence electrons. The molecule has 0 bridgehead atoms. The maximum atomic E-state index is 5.43. The molecule has 5 heteroatoms. The molecule has 0 saturated carbocycles. The Morgan fingerprint density at radius 1 is 0.355 bits per heavy atom. The van der Waals surface area contributed by atoms with E-state index in [1.165, 1.54) is 21.8 Å². The van der Waals surface area contributed by atoms with Crippen LogP contribution in [0, 0.1) is 0 Å². The Kier molecular flexibility index (Phi) is 8.42. The highest BCUT2D eigenvalue weighted by atomic mass is 15.3. The van der Waals surface area contributed by atoms with Gasteiger partial charge in [-0.1, -0.05) is 170 Å². The molecule has 12 aromatic rings. The average Bonchev–Trinajstić information content (AvgIpc) is 3.92. The quantitative estimate of drug-likeness (QED) is 0.162. The molecule has 0 spiro atoms. The summed E-state index contributed by atoms with van der Waals surface area (Å²) in [5, 5.41) is 11.2. The van der Waals surface area contributed by atoms with Crippen LogP contribution in [0.4, 0.5) is 0 Å². The number of fused-ring (bicyclic) bond motifs is 6. The smallest absolute Gasteiger partial charge is 0.160 e. The fourth-order valence-corrected chi connectivity index (χ4v) is 9.06. The highest BCUT2D eigenvalue weighted by Gasteiger charge is 2.22. The Labute approximate surface area is 358 Å². The first-order valence-corrected chi connectivity index (χ1v) is 20.9. The summed E-state index contributed by atoms with van der Waals surface area (Å²) in [6.45, 7) is 0. The summed E-state index contributed by atoms with van der Waals surface area (Å²) in [6.07, 6.45) is 0. The predicted molar refractivity (Wildman–Crippen MR) is 256 cm³/mol. The molecule has 0 radical (unpaired) electrons. The number of benzene rings is 9. The molecule has 3 heterocycles. The lowest BCUT2D eigenvalue weighted by Gasteiger charge is -2.14. The molecule has 0 fully saturated rings. The maximum absolute atomic E-state index is 5.43. The SMILES string of the molecule is c1ccc(-c2nc(-c3cccc(-n4c5ccccc5c5ccccc54)c3)cc(-c3ccc4cc(-c5ccccc5)c5c(-c6ccccc6)nn(-c6ccccc6)c5c4c3)n2)cc1. The molecule has 62 heavy (non-hydrogen) atoms. The van der Waals surface area contributed by atoms with Gasteiger partial charge < -0.3 is 4.57 Å². The number of hydrogen-bond donors (Lipinski definition) is 0. The van der Waals surface area contributed by atoms with E-state index in [4.69, 9.17) is 15.1 Å². The fourth-order valence-electron chi connectivity index (χ4n) is 9.06.